The van der Waals surface area contributed by atoms with E-state index in [-0.39, 0.29) is 6.10 Å². The maximum atomic E-state index is 9.54. The lowest BCUT2D eigenvalue weighted by molar-refractivity contribution is 0.145. The summed E-state index contributed by atoms with van der Waals surface area (Å²) in [6.07, 6.45) is 1.92. The fraction of sp³-hybridized carbons (Fsp3) is 1.00. The van der Waals surface area contributed by atoms with Gasteiger partial charge in [-0.2, -0.15) is 0 Å². The van der Waals surface area contributed by atoms with Gasteiger partial charge < -0.3 is 10.4 Å². The third-order valence-corrected chi connectivity index (χ3v) is 2.31. The van der Waals surface area contributed by atoms with Gasteiger partial charge in [0.25, 0.3) is 0 Å². The number of aliphatic hydroxyl groups excluding tert-OH is 1. The van der Waals surface area contributed by atoms with Gasteiger partial charge in [-0.25, -0.2) is 0 Å². The molecule has 0 aliphatic carbocycles. The van der Waals surface area contributed by atoms with Gasteiger partial charge in [0.1, 0.15) is 0 Å². The van der Waals surface area contributed by atoms with Crippen LogP contribution in [0.3, 0.4) is 0 Å². The summed E-state index contributed by atoms with van der Waals surface area (Å²) in [4.78, 5) is 0. The van der Waals surface area contributed by atoms with Gasteiger partial charge in [0, 0.05) is 6.54 Å². The van der Waals surface area contributed by atoms with E-state index in [9.17, 15) is 5.11 Å². The molecule has 0 radical (unpaired) electrons. The van der Waals surface area contributed by atoms with Crippen LogP contribution in [0.2, 0.25) is 0 Å². The van der Waals surface area contributed by atoms with E-state index < -0.39 is 0 Å². The molecule has 80 valence electrons. The average molecular weight is 187 g/mol. The van der Waals surface area contributed by atoms with Crippen LogP contribution in [0.25, 0.3) is 0 Å². The Kier molecular flexibility index (Phi) is 7.29. The summed E-state index contributed by atoms with van der Waals surface area (Å²) >= 11 is 0. The van der Waals surface area contributed by atoms with Gasteiger partial charge in [-0.3, -0.25) is 0 Å². The molecule has 0 spiro atoms. The molecule has 2 nitrogen and oxygen atoms in total. The standard InChI is InChI=1S/C11H25NO/c1-5-10(4)7-12-8-11(13)6-9(2)3/h9-13H,5-8H2,1-4H3. The fourth-order valence-electron chi connectivity index (χ4n) is 1.27. The number of hydrogen-bond donors (Lipinski definition) is 2. The highest BCUT2D eigenvalue weighted by Crippen LogP contribution is 2.03. The molecule has 0 bridgehead atoms. The molecule has 0 saturated heterocycles. The van der Waals surface area contributed by atoms with Gasteiger partial charge in [-0.05, 0) is 24.8 Å². The first-order chi connectivity index (χ1) is 6.06. The van der Waals surface area contributed by atoms with Crippen LogP contribution in [0.5, 0.6) is 0 Å². The highest BCUT2D eigenvalue weighted by Gasteiger charge is 2.06. The van der Waals surface area contributed by atoms with Crippen LogP contribution in [-0.4, -0.2) is 24.3 Å². The molecule has 0 amide bonds. The van der Waals surface area contributed by atoms with Gasteiger partial charge in [0.15, 0.2) is 0 Å². The third kappa shape index (κ3) is 8.26. The van der Waals surface area contributed by atoms with Crippen molar-refractivity contribution in [3.05, 3.63) is 0 Å². The molecule has 0 aromatic rings. The maximum absolute atomic E-state index is 9.54. The van der Waals surface area contributed by atoms with E-state index in [1.165, 1.54) is 6.42 Å². The molecular weight excluding hydrogens is 162 g/mol. The van der Waals surface area contributed by atoms with E-state index in [0.29, 0.717) is 11.8 Å². The Morgan fingerprint density at radius 3 is 2.23 bits per heavy atom. The van der Waals surface area contributed by atoms with Crippen molar-refractivity contribution in [3.8, 4) is 0 Å². The van der Waals surface area contributed by atoms with Crippen LogP contribution in [0.1, 0.15) is 40.5 Å². The second-order valence-electron chi connectivity index (χ2n) is 4.46. The summed E-state index contributed by atoms with van der Waals surface area (Å²) < 4.78 is 0. The Bertz CT molecular complexity index is 115. The molecule has 0 aromatic carbocycles. The minimum Gasteiger partial charge on any atom is -0.392 e. The number of aliphatic hydroxyl groups is 1. The minimum absolute atomic E-state index is 0.177. The topological polar surface area (TPSA) is 32.3 Å². The fourth-order valence-corrected chi connectivity index (χ4v) is 1.27. The Hall–Kier alpha value is -0.0800. The molecule has 0 aliphatic rings. The van der Waals surface area contributed by atoms with Crippen LogP contribution < -0.4 is 5.32 Å². The molecule has 2 N–H and O–H groups in total. The second kappa shape index (κ2) is 7.34. The normalized spacial score (nSPS) is 16.2. The van der Waals surface area contributed by atoms with Crippen molar-refractivity contribution in [2.24, 2.45) is 11.8 Å². The van der Waals surface area contributed by atoms with E-state index in [4.69, 9.17) is 0 Å². The van der Waals surface area contributed by atoms with Crippen molar-refractivity contribution >= 4 is 0 Å². The SMILES string of the molecule is CCC(C)CNCC(O)CC(C)C. The monoisotopic (exact) mass is 187 g/mol. The molecule has 0 fully saturated rings. The van der Waals surface area contributed by atoms with E-state index in [1.54, 1.807) is 0 Å². The van der Waals surface area contributed by atoms with Crippen molar-refractivity contribution in [2.45, 2.75) is 46.6 Å². The quantitative estimate of drug-likeness (QED) is 0.639. The molecule has 2 heteroatoms. The summed E-state index contributed by atoms with van der Waals surface area (Å²) in [5.74, 6) is 1.30. The largest absolute Gasteiger partial charge is 0.392 e. The van der Waals surface area contributed by atoms with E-state index in [0.717, 1.165) is 19.5 Å². The van der Waals surface area contributed by atoms with Gasteiger partial charge in [-0.1, -0.05) is 34.1 Å². The second-order valence-corrected chi connectivity index (χ2v) is 4.46. The van der Waals surface area contributed by atoms with Crippen molar-refractivity contribution < 1.29 is 5.11 Å². The van der Waals surface area contributed by atoms with Crippen LogP contribution in [0.4, 0.5) is 0 Å². The highest BCUT2D eigenvalue weighted by atomic mass is 16.3. The lowest BCUT2D eigenvalue weighted by atomic mass is 10.1. The Morgan fingerprint density at radius 2 is 1.77 bits per heavy atom. The van der Waals surface area contributed by atoms with Crippen molar-refractivity contribution in [1.29, 1.82) is 0 Å². The van der Waals surface area contributed by atoms with Gasteiger partial charge in [0.05, 0.1) is 6.10 Å². The zero-order valence-corrected chi connectivity index (χ0v) is 9.51. The summed E-state index contributed by atoms with van der Waals surface area (Å²) in [5.41, 5.74) is 0. The van der Waals surface area contributed by atoms with Gasteiger partial charge >= 0.3 is 0 Å². The first kappa shape index (κ1) is 12.9. The number of nitrogens with one attached hydrogen (secondary N) is 1. The van der Waals surface area contributed by atoms with E-state index in [1.807, 2.05) is 0 Å². The van der Waals surface area contributed by atoms with Crippen LogP contribution in [-0.2, 0) is 0 Å². The molecule has 0 aromatic heterocycles. The molecule has 0 saturated carbocycles. The number of hydrogen-bond acceptors (Lipinski definition) is 2. The number of rotatable bonds is 7. The van der Waals surface area contributed by atoms with Crippen LogP contribution in [0, 0.1) is 11.8 Å². The lowest BCUT2D eigenvalue weighted by Gasteiger charge is -2.15. The minimum atomic E-state index is -0.177. The third-order valence-electron chi connectivity index (χ3n) is 2.31. The first-order valence-electron chi connectivity index (χ1n) is 5.45. The Morgan fingerprint density at radius 1 is 1.15 bits per heavy atom. The predicted molar refractivity (Wildman–Crippen MR) is 57.8 cm³/mol. The molecule has 0 rings (SSSR count). The van der Waals surface area contributed by atoms with Gasteiger partial charge in [0.2, 0.25) is 0 Å². The zero-order chi connectivity index (χ0) is 10.3. The summed E-state index contributed by atoms with van der Waals surface area (Å²) in [7, 11) is 0. The van der Waals surface area contributed by atoms with Crippen LogP contribution >= 0.6 is 0 Å². The molecule has 2 unspecified atom stereocenters. The lowest BCUT2D eigenvalue weighted by Crippen LogP contribution is -2.30. The first-order valence-corrected chi connectivity index (χ1v) is 5.45. The summed E-state index contributed by atoms with van der Waals surface area (Å²) in [5, 5.41) is 12.8. The molecule has 13 heavy (non-hydrogen) atoms. The van der Waals surface area contributed by atoms with Crippen molar-refractivity contribution in [2.75, 3.05) is 13.1 Å². The van der Waals surface area contributed by atoms with E-state index in [2.05, 4.69) is 33.0 Å². The maximum Gasteiger partial charge on any atom is 0.0667 e. The van der Waals surface area contributed by atoms with Gasteiger partial charge in [-0.15, -0.1) is 0 Å². The predicted octanol–water partition coefficient (Wildman–Crippen LogP) is 2.03. The smallest absolute Gasteiger partial charge is 0.0667 e. The Labute approximate surface area is 82.7 Å². The summed E-state index contributed by atoms with van der Waals surface area (Å²) in [6, 6.07) is 0. The summed E-state index contributed by atoms with van der Waals surface area (Å²) in [6.45, 7) is 10.4. The molecule has 2 atom stereocenters. The molecular formula is C11H25NO. The van der Waals surface area contributed by atoms with Crippen molar-refractivity contribution in [1.82, 2.24) is 5.32 Å². The van der Waals surface area contributed by atoms with E-state index >= 15 is 0 Å². The molecule has 0 heterocycles. The zero-order valence-electron chi connectivity index (χ0n) is 9.51. The molecule has 0 aliphatic heterocycles. The Balaban J connectivity index is 3.31. The highest BCUT2D eigenvalue weighted by molar-refractivity contribution is 4.63. The van der Waals surface area contributed by atoms with Crippen LogP contribution in [0.15, 0.2) is 0 Å². The van der Waals surface area contributed by atoms with Crippen molar-refractivity contribution in [3.63, 3.8) is 0 Å². The average Bonchev–Trinajstić information content (AvgIpc) is 2.02.